The second-order valence-electron chi connectivity index (χ2n) is 4.46. The lowest BCUT2D eigenvalue weighted by Crippen LogP contribution is -2.11. The van der Waals surface area contributed by atoms with E-state index in [0.717, 1.165) is 18.4 Å². The van der Waals surface area contributed by atoms with Gasteiger partial charge in [0.2, 0.25) is 5.91 Å². The Kier molecular flexibility index (Phi) is 6.30. The van der Waals surface area contributed by atoms with Gasteiger partial charge in [0, 0.05) is 12.4 Å². The van der Waals surface area contributed by atoms with Crippen LogP contribution in [0.5, 0.6) is 0 Å². The molecule has 1 rings (SSSR count). The molecule has 0 aromatic carbocycles. The minimum absolute atomic E-state index is 0.401. The molecule has 1 amide bonds. The number of pyridine rings is 1. The monoisotopic (exact) mass is 234 g/mol. The van der Waals surface area contributed by atoms with Gasteiger partial charge in [-0.15, -0.1) is 0 Å². The third-order valence-electron chi connectivity index (χ3n) is 2.90. The summed E-state index contributed by atoms with van der Waals surface area (Å²) in [6.45, 7) is 2.22. The summed E-state index contributed by atoms with van der Waals surface area (Å²) >= 11 is 0. The highest BCUT2D eigenvalue weighted by atomic mass is 16.1. The quantitative estimate of drug-likeness (QED) is 0.703. The van der Waals surface area contributed by atoms with E-state index in [0.29, 0.717) is 5.56 Å². The second-order valence-corrected chi connectivity index (χ2v) is 4.46. The summed E-state index contributed by atoms with van der Waals surface area (Å²) in [6, 6.07) is 1.85. The lowest BCUT2D eigenvalue weighted by molar-refractivity contribution is 0.1000. The number of hydrogen-bond donors (Lipinski definition) is 1. The smallest absolute Gasteiger partial charge is 0.250 e. The lowest BCUT2D eigenvalue weighted by atomic mass is 10.1. The van der Waals surface area contributed by atoms with E-state index in [1.807, 2.05) is 12.3 Å². The minimum Gasteiger partial charge on any atom is -0.366 e. The zero-order valence-electron chi connectivity index (χ0n) is 10.6. The Morgan fingerprint density at radius 2 is 1.88 bits per heavy atom. The average Bonchev–Trinajstić information content (AvgIpc) is 2.34. The predicted octanol–water partition coefficient (Wildman–Crippen LogP) is 3.08. The van der Waals surface area contributed by atoms with Gasteiger partial charge in [-0.05, 0) is 24.5 Å². The standard InChI is InChI=1S/C14H22N2O/c1-2-3-4-5-6-7-8-12-9-13(14(15)17)11-16-10-12/h9-11H,2-8H2,1H3,(H2,15,17). The molecular formula is C14H22N2O. The number of carbonyl (C=O) groups is 1. The van der Waals surface area contributed by atoms with Crippen molar-refractivity contribution in [2.75, 3.05) is 0 Å². The number of aromatic nitrogens is 1. The summed E-state index contributed by atoms with van der Waals surface area (Å²) in [5.41, 5.74) is 6.83. The van der Waals surface area contributed by atoms with E-state index in [9.17, 15) is 4.79 Å². The van der Waals surface area contributed by atoms with Gasteiger partial charge in [-0.3, -0.25) is 9.78 Å². The van der Waals surface area contributed by atoms with E-state index >= 15 is 0 Å². The number of amides is 1. The molecule has 0 radical (unpaired) electrons. The number of nitrogens with zero attached hydrogens (tertiary/aromatic N) is 1. The summed E-state index contributed by atoms with van der Waals surface area (Å²) < 4.78 is 0. The largest absolute Gasteiger partial charge is 0.366 e. The summed E-state index contributed by atoms with van der Waals surface area (Å²) in [6.07, 6.45) is 12.0. The maximum absolute atomic E-state index is 11.0. The summed E-state index contributed by atoms with van der Waals surface area (Å²) in [4.78, 5) is 15.0. The molecule has 0 aliphatic carbocycles. The van der Waals surface area contributed by atoms with E-state index in [1.165, 1.54) is 38.3 Å². The zero-order chi connectivity index (χ0) is 12.5. The van der Waals surface area contributed by atoms with E-state index in [4.69, 9.17) is 5.73 Å². The molecule has 94 valence electrons. The van der Waals surface area contributed by atoms with E-state index in [-0.39, 0.29) is 0 Å². The van der Waals surface area contributed by atoms with Crippen LogP contribution in [0.15, 0.2) is 18.5 Å². The summed E-state index contributed by atoms with van der Waals surface area (Å²) in [5.74, 6) is -0.401. The fourth-order valence-electron chi connectivity index (χ4n) is 1.87. The molecule has 17 heavy (non-hydrogen) atoms. The highest BCUT2D eigenvalue weighted by Gasteiger charge is 2.02. The predicted molar refractivity (Wildman–Crippen MR) is 69.8 cm³/mol. The first-order valence-corrected chi connectivity index (χ1v) is 6.47. The minimum atomic E-state index is -0.401. The van der Waals surface area contributed by atoms with Crippen molar-refractivity contribution in [3.05, 3.63) is 29.6 Å². The molecule has 1 aromatic heterocycles. The molecule has 3 nitrogen and oxygen atoms in total. The first-order chi connectivity index (χ1) is 8.24. The summed E-state index contributed by atoms with van der Waals surface area (Å²) in [5, 5.41) is 0. The number of unbranched alkanes of at least 4 members (excludes halogenated alkanes) is 5. The number of hydrogen-bond acceptors (Lipinski definition) is 2. The van der Waals surface area contributed by atoms with Crippen molar-refractivity contribution in [1.82, 2.24) is 4.98 Å². The van der Waals surface area contributed by atoms with Crippen molar-refractivity contribution < 1.29 is 4.79 Å². The molecule has 0 atom stereocenters. The highest BCUT2D eigenvalue weighted by Crippen LogP contribution is 2.10. The molecule has 0 aliphatic heterocycles. The van der Waals surface area contributed by atoms with Crippen molar-refractivity contribution in [1.29, 1.82) is 0 Å². The van der Waals surface area contributed by atoms with Gasteiger partial charge in [0.05, 0.1) is 5.56 Å². The van der Waals surface area contributed by atoms with Gasteiger partial charge in [-0.25, -0.2) is 0 Å². The van der Waals surface area contributed by atoms with Crippen LogP contribution >= 0.6 is 0 Å². The van der Waals surface area contributed by atoms with Crippen molar-refractivity contribution in [3.8, 4) is 0 Å². The molecule has 0 saturated carbocycles. The average molecular weight is 234 g/mol. The van der Waals surface area contributed by atoms with Crippen LogP contribution < -0.4 is 5.73 Å². The summed E-state index contributed by atoms with van der Waals surface area (Å²) in [7, 11) is 0. The molecule has 0 fully saturated rings. The Morgan fingerprint density at radius 3 is 2.59 bits per heavy atom. The van der Waals surface area contributed by atoms with Crippen LogP contribution in [0.2, 0.25) is 0 Å². The molecule has 1 aromatic rings. The van der Waals surface area contributed by atoms with E-state index < -0.39 is 5.91 Å². The Hall–Kier alpha value is -1.38. The second kappa shape index (κ2) is 7.82. The van der Waals surface area contributed by atoms with Gasteiger partial charge in [-0.2, -0.15) is 0 Å². The van der Waals surface area contributed by atoms with Crippen LogP contribution in [0.1, 0.15) is 61.4 Å². The molecular weight excluding hydrogens is 212 g/mol. The Balaban J connectivity index is 2.27. The molecule has 0 spiro atoms. The maximum Gasteiger partial charge on any atom is 0.250 e. The lowest BCUT2D eigenvalue weighted by Gasteiger charge is -2.03. The molecule has 0 saturated heterocycles. The van der Waals surface area contributed by atoms with Crippen LogP contribution in [0, 0.1) is 0 Å². The van der Waals surface area contributed by atoms with Crippen LogP contribution in [0.3, 0.4) is 0 Å². The molecule has 2 N–H and O–H groups in total. The number of carbonyl (C=O) groups excluding carboxylic acids is 1. The number of aryl methyl sites for hydroxylation is 1. The van der Waals surface area contributed by atoms with Gasteiger partial charge in [0.25, 0.3) is 0 Å². The zero-order valence-corrected chi connectivity index (χ0v) is 10.6. The van der Waals surface area contributed by atoms with Gasteiger partial charge in [-0.1, -0.05) is 39.0 Å². The number of nitrogens with two attached hydrogens (primary N) is 1. The first kappa shape index (κ1) is 13.7. The maximum atomic E-state index is 11.0. The topological polar surface area (TPSA) is 56.0 Å². The van der Waals surface area contributed by atoms with Crippen molar-refractivity contribution in [2.45, 2.75) is 51.9 Å². The fraction of sp³-hybridized carbons (Fsp3) is 0.571. The van der Waals surface area contributed by atoms with Gasteiger partial charge in [0.1, 0.15) is 0 Å². The number of primary amides is 1. The molecule has 3 heteroatoms. The van der Waals surface area contributed by atoms with Gasteiger partial charge >= 0.3 is 0 Å². The van der Waals surface area contributed by atoms with Crippen LogP contribution in [-0.4, -0.2) is 10.9 Å². The normalized spacial score (nSPS) is 10.4. The van der Waals surface area contributed by atoms with Crippen LogP contribution in [0.25, 0.3) is 0 Å². The highest BCUT2D eigenvalue weighted by molar-refractivity contribution is 5.92. The van der Waals surface area contributed by atoms with E-state index in [1.54, 1.807) is 0 Å². The van der Waals surface area contributed by atoms with Gasteiger partial charge in [0.15, 0.2) is 0 Å². The number of rotatable bonds is 8. The van der Waals surface area contributed by atoms with Crippen LogP contribution in [0.4, 0.5) is 0 Å². The Labute approximate surface area is 103 Å². The SMILES string of the molecule is CCCCCCCCc1cncc(C(N)=O)c1. The fourth-order valence-corrected chi connectivity index (χ4v) is 1.87. The van der Waals surface area contributed by atoms with Crippen LogP contribution in [-0.2, 0) is 6.42 Å². The third-order valence-corrected chi connectivity index (χ3v) is 2.90. The Bertz CT molecular complexity index is 350. The molecule has 0 unspecified atom stereocenters. The first-order valence-electron chi connectivity index (χ1n) is 6.47. The van der Waals surface area contributed by atoms with Crippen molar-refractivity contribution in [3.63, 3.8) is 0 Å². The Morgan fingerprint density at radius 1 is 1.18 bits per heavy atom. The van der Waals surface area contributed by atoms with Crippen molar-refractivity contribution in [2.24, 2.45) is 5.73 Å². The molecule has 0 aliphatic rings. The molecule has 0 bridgehead atoms. The van der Waals surface area contributed by atoms with Gasteiger partial charge < -0.3 is 5.73 Å². The third kappa shape index (κ3) is 5.48. The van der Waals surface area contributed by atoms with E-state index in [2.05, 4.69) is 11.9 Å². The molecule has 1 heterocycles. The van der Waals surface area contributed by atoms with Crippen molar-refractivity contribution >= 4 is 5.91 Å².